The molecule has 1 aliphatic rings. The number of methoxy groups -OCH3 is 1. The highest BCUT2D eigenvalue weighted by molar-refractivity contribution is 5.10. The van der Waals surface area contributed by atoms with E-state index in [9.17, 15) is 13.2 Å². The Morgan fingerprint density at radius 2 is 2.31 bits per heavy atom. The van der Waals surface area contributed by atoms with Crippen LogP contribution < -0.4 is 5.32 Å². The maximum atomic E-state index is 12.4. The van der Waals surface area contributed by atoms with Crippen molar-refractivity contribution in [2.24, 2.45) is 5.92 Å². The number of halogens is 3. The third-order valence-corrected chi connectivity index (χ3v) is 2.43. The first kappa shape index (κ1) is 13.1. The molecule has 0 amide bonds. The van der Waals surface area contributed by atoms with Crippen LogP contribution in [0.4, 0.5) is 13.2 Å². The van der Waals surface area contributed by atoms with Gasteiger partial charge in [0.15, 0.2) is 0 Å². The summed E-state index contributed by atoms with van der Waals surface area (Å²) >= 11 is 0. The summed E-state index contributed by atoms with van der Waals surface area (Å²) in [6, 6.07) is 0. The Bertz CT molecular complexity index is 271. The Labute approximate surface area is 93.2 Å². The molecule has 2 nitrogen and oxygen atoms in total. The van der Waals surface area contributed by atoms with Crippen molar-refractivity contribution in [3.05, 3.63) is 24.0 Å². The molecule has 0 aromatic rings. The minimum absolute atomic E-state index is 0.191. The third-order valence-electron chi connectivity index (χ3n) is 2.43. The zero-order valence-electron chi connectivity index (χ0n) is 9.18. The largest absolute Gasteiger partial charge is 0.395 e. The Morgan fingerprint density at radius 1 is 1.56 bits per heavy atom. The van der Waals surface area contributed by atoms with Gasteiger partial charge in [0.05, 0.1) is 12.5 Å². The smallest absolute Gasteiger partial charge is 0.381 e. The van der Waals surface area contributed by atoms with Crippen molar-refractivity contribution in [3.63, 3.8) is 0 Å². The van der Waals surface area contributed by atoms with Gasteiger partial charge in [0.25, 0.3) is 0 Å². The van der Waals surface area contributed by atoms with Crippen molar-refractivity contribution in [1.82, 2.24) is 5.32 Å². The molecule has 0 saturated carbocycles. The van der Waals surface area contributed by atoms with E-state index in [4.69, 9.17) is 4.74 Å². The zero-order chi connectivity index (χ0) is 12.0. The molecule has 16 heavy (non-hydrogen) atoms. The number of hydrogen-bond donors (Lipinski definition) is 1. The fourth-order valence-electron chi connectivity index (χ4n) is 1.61. The number of hydrogen-bond acceptors (Lipinski definition) is 2. The van der Waals surface area contributed by atoms with Crippen LogP contribution in [0.5, 0.6) is 0 Å². The number of nitrogens with one attached hydrogen (secondary N) is 1. The van der Waals surface area contributed by atoms with Gasteiger partial charge >= 0.3 is 6.18 Å². The van der Waals surface area contributed by atoms with Gasteiger partial charge in [-0.15, -0.1) is 0 Å². The minimum Gasteiger partial charge on any atom is -0.381 e. The Hall–Kier alpha value is -0.970. The quantitative estimate of drug-likeness (QED) is 0.808. The van der Waals surface area contributed by atoms with E-state index < -0.39 is 12.1 Å². The molecule has 0 spiro atoms. The van der Waals surface area contributed by atoms with Crippen molar-refractivity contribution in [1.29, 1.82) is 0 Å². The lowest BCUT2D eigenvalue weighted by atomic mass is 9.93. The summed E-state index contributed by atoms with van der Waals surface area (Å²) < 4.78 is 42.1. The molecule has 0 fully saturated rings. The SMILES string of the molecule is COC/C=C\NC1=CC(C(F)(F)F)CCC1. The van der Waals surface area contributed by atoms with Gasteiger partial charge in [-0.2, -0.15) is 13.2 Å². The lowest BCUT2D eigenvalue weighted by Crippen LogP contribution is -2.25. The van der Waals surface area contributed by atoms with Gasteiger partial charge in [0.2, 0.25) is 0 Å². The molecule has 0 aliphatic heterocycles. The second kappa shape index (κ2) is 5.94. The Kier molecular flexibility index (Phi) is 4.86. The number of ether oxygens (including phenoxy) is 1. The molecular weight excluding hydrogens is 219 g/mol. The highest BCUT2D eigenvalue weighted by atomic mass is 19.4. The summed E-state index contributed by atoms with van der Waals surface area (Å²) in [6.45, 7) is 0.447. The van der Waals surface area contributed by atoms with Gasteiger partial charge in [-0.05, 0) is 31.5 Å². The second-order valence-corrected chi connectivity index (χ2v) is 3.73. The number of alkyl halides is 3. The maximum absolute atomic E-state index is 12.4. The molecule has 1 N–H and O–H groups in total. The van der Waals surface area contributed by atoms with E-state index in [1.54, 1.807) is 19.4 Å². The molecule has 0 radical (unpaired) electrons. The molecule has 92 valence electrons. The molecule has 0 bridgehead atoms. The van der Waals surface area contributed by atoms with Gasteiger partial charge < -0.3 is 10.1 Å². The summed E-state index contributed by atoms with van der Waals surface area (Å²) in [5.41, 5.74) is 0.640. The standard InChI is InChI=1S/C11H16F3NO/c1-16-7-3-6-15-10-5-2-4-9(8-10)11(12,13)14/h3,6,8-9,15H,2,4-5,7H2,1H3/b6-3-. The second-order valence-electron chi connectivity index (χ2n) is 3.73. The summed E-state index contributed by atoms with van der Waals surface area (Å²) in [7, 11) is 1.56. The van der Waals surface area contributed by atoms with Crippen molar-refractivity contribution in [2.75, 3.05) is 13.7 Å². The number of allylic oxidation sites excluding steroid dienone is 2. The first-order chi connectivity index (χ1) is 7.54. The molecule has 1 aliphatic carbocycles. The lowest BCUT2D eigenvalue weighted by Gasteiger charge is -2.23. The zero-order valence-corrected chi connectivity index (χ0v) is 9.18. The molecule has 0 heterocycles. The van der Waals surface area contributed by atoms with Crippen LogP contribution in [-0.2, 0) is 4.74 Å². The van der Waals surface area contributed by atoms with E-state index in [1.807, 2.05) is 0 Å². The Morgan fingerprint density at radius 3 is 2.94 bits per heavy atom. The Balaban J connectivity index is 2.50. The van der Waals surface area contributed by atoms with Crippen molar-refractivity contribution < 1.29 is 17.9 Å². The molecule has 5 heteroatoms. The van der Waals surface area contributed by atoms with Gasteiger partial charge in [0, 0.05) is 12.8 Å². The first-order valence-corrected chi connectivity index (χ1v) is 5.22. The van der Waals surface area contributed by atoms with Gasteiger partial charge in [-0.3, -0.25) is 0 Å². The van der Waals surface area contributed by atoms with Gasteiger partial charge in [0.1, 0.15) is 0 Å². The molecule has 0 saturated heterocycles. The first-order valence-electron chi connectivity index (χ1n) is 5.22. The van der Waals surface area contributed by atoms with Crippen LogP contribution in [0.1, 0.15) is 19.3 Å². The predicted octanol–water partition coefficient (Wildman–Crippen LogP) is 2.98. The van der Waals surface area contributed by atoms with E-state index in [0.717, 1.165) is 0 Å². The van der Waals surface area contributed by atoms with Gasteiger partial charge in [-0.25, -0.2) is 0 Å². The van der Waals surface area contributed by atoms with Crippen LogP contribution in [0.25, 0.3) is 0 Å². The normalized spacial score (nSPS) is 22.2. The number of rotatable bonds is 4. The van der Waals surface area contributed by atoms with E-state index in [1.165, 1.54) is 6.08 Å². The molecule has 1 rings (SSSR count). The average Bonchev–Trinajstić information content (AvgIpc) is 2.24. The van der Waals surface area contributed by atoms with Crippen LogP contribution in [0.2, 0.25) is 0 Å². The highest BCUT2D eigenvalue weighted by Gasteiger charge is 2.38. The molecule has 1 unspecified atom stereocenters. The van der Waals surface area contributed by atoms with Crippen molar-refractivity contribution in [3.8, 4) is 0 Å². The minimum atomic E-state index is -4.12. The van der Waals surface area contributed by atoms with E-state index in [-0.39, 0.29) is 6.42 Å². The van der Waals surface area contributed by atoms with Gasteiger partial charge in [-0.1, -0.05) is 6.08 Å². The van der Waals surface area contributed by atoms with Crippen LogP contribution in [0, 0.1) is 5.92 Å². The molecule has 0 aromatic carbocycles. The van der Waals surface area contributed by atoms with Crippen LogP contribution >= 0.6 is 0 Å². The van der Waals surface area contributed by atoms with Crippen LogP contribution in [0.15, 0.2) is 24.0 Å². The molecular formula is C11H16F3NO. The van der Waals surface area contributed by atoms with Crippen molar-refractivity contribution in [2.45, 2.75) is 25.4 Å². The van der Waals surface area contributed by atoms with Crippen molar-refractivity contribution >= 4 is 0 Å². The van der Waals surface area contributed by atoms with E-state index >= 15 is 0 Å². The third kappa shape index (κ3) is 4.26. The fraction of sp³-hybridized carbons (Fsp3) is 0.636. The summed E-state index contributed by atoms with van der Waals surface area (Å²) in [5.74, 6) is -1.31. The van der Waals surface area contributed by atoms with E-state index in [2.05, 4.69) is 5.32 Å². The van der Waals surface area contributed by atoms with E-state index in [0.29, 0.717) is 25.1 Å². The monoisotopic (exact) mass is 235 g/mol. The lowest BCUT2D eigenvalue weighted by molar-refractivity contribution is -0.164. The van der Waals surface area contributed by atoms with Crippen LogP contribution in [0.3, 0.4) is 0 Å². The predicted molar refractivity (Wildman–Crippen MR) is 55.6 cm³/mol. The summed E-state index contributed by atoms with van der Waals surface area (Å²) in [4.78, 5) is 0. The average molecular weight is 235 g/mol. The fourth-order valence-corrected chi connectivity index (χ4v) is 1.61. The highest BCUT2D eigenvalue weighted by Crippen LogP contribution is 2.35. The molecule has 0 aromatic heterocycles. The molecule has 1 atom stereocenters. The van der Waals surface area contributed by atoms with Crippen LogP contribution in [-0.4, -0.2) is 19.9 Å². The topological polar surface area (TPSA) is 21.3 Å². The maximum Gasteiger partial charge on any atom is 0.395 e. The summed E-state index contributed by atoms with van der Waals surface area (Å²) in [5, 5.41) is 2.86. The summed E-state index contributed by atoms with van der Waals surface area (Å²) in [6.07, 6.45) is 1.93.